The first-order valence-electron chi connectivity index (χ1n) is 10.1. The number of hydrogen-bond acceptors (Lipinski definition) is 3. The summed E-state index contributed by atoms with van der Waals surface area (Å²) in [5, 5.41) is 13.7. The zero-order valence-electron chi connectivity index (χ0n) is 16.5. The van der Waals surface area contributed by atoms with Crippen molar-refractivity contribution in [2.24, 2.45) is 0 Å². The van der Waals surface area contributed by atoms with E-state index in [1.807, 2.05) is 6.07 Å². The Hall–Kier alpha value is -2.89. The number of phenols is 1. The monoisotopic (exact) mass is 396 g/mol. The topological polar surface area (TPSA) is 69.6 Å². The predicted molar refractivity (Wildman–Crippen MR) is 107 cm³/mol. The number of halogens is 1. The molecule has 2 aromatic carbocycles. The van der Waals surface area contributed by atoms with Crippen LogP contribution in [0.2, 0.25) is 0 Å². The number of aryl methyl sites for hydroxylation is 1. The molecule has 1 atom stereocenters. The van der Waals surface area contributed by atoms with Gasteiger partial charge >= 0.3 is 0 Å². The van der Waals surface area contributed by atoms with Crippen LogP contribution in [-0.4, -0.2) is 28.4 Å². The van der Waals surface area contributed by atoms with Crippen LogP contribution in [0.3, 0.4) is 0 Å². The number of nitrogens with one attached hydrogen (secondary N) is 1. The van der Waals surface area contributed by atoms with Gasteiger partial charge in [-0.3, -0.25) is 9.59 Å². The number of nitrogens with zero attached hydrogens (tertiary/aromatic N) is 1. The molecule has 4 rings (SSSR count). The fraction of sp³-hybridized carbons (Fsp3) is 0.391. The highest BCUT2D eigenvalue weighted by Crippen LogP contribution is 2.33. The summed E-state index contributed by atoms with van der Waals surface area (Å²) in [5.74, 6) is -0.739. The number of phenolic OH excluding ortho intramolecular Hbond substituents is 1. The van der Waals surface area contributed by atoms with Crippen LogP contribution in [0.25, 0.3) is 0 Å². The van der Waals surface area contributed by atoms with Gasteiger partial charge in [0.05, 0.1) is 11.6 Å². The molecule has 1 heterocycles. The molecule has 2 amide bonds. The Balaban J connectivity index is 1.62. The van der Waals surface area contributed by atoms with Crippen LogP contribution in [0.1, 0.15) is 64.8 Å². The van der Waals surface area contributed by atoms with Crippen LogP contribution < -0.4 is 5.32 Å². The maximum atomic E-state index is 13.8. The van der Waals surface area contributed by atoms with Crippen molar-refractivity contribution in [2.75, 3.05) is 6.54 Å². The van der Waals surface area contributed by atoms with E-state index < -0.39 is 0 Å². The molecule has 0 saturated carbocycles. The van der Waals surface area contributed by atoms with Crippen molar-refractivity contribution in [2.45, 2.75) is 51.6 Å². The minimum absolute atomic E-state index is 0.0676. The Morgan fingerprint density at radius 2 is 1.93 bits per heavy atom. The molecule has 0 aromatic heterocycles. The molecule has 0 radical (unpaired) electrons. The lowest BCUT2D eigenvalue weighted by Crippen LogP contribution is -2.31. The average Bonchev–Trinajstić information content (AvgIpc) is 2.87. The molecule has 29 heavy (non-hydrogen) atoms. The molecule has 0 fully saturated rings. The third-order valence-electron chi connectivity index (χ3n) is 6.03. The maximum Gasteiger partial charge on any atom is 0.255 e. The van der Waals surface area contributed by atoms with Crippen LogP contribution >= 0.6 is 0 Å². The lowest BCUT2D eigenvalue weighted by atomic mass is 9.89. The van der Waals surface area contributed by atoms with Gasteiger partial charge < -0.3 is 15.3 Å². The molecular weight excluding hydrogens is 371 g/mol. The summed E-state index contributed by atoms with van der Waals surface area (Å²) in [6.07, 6.45) is 4.33. The van der Waals surface area contributed by atoms with Crippen molar-refractivity contribution in [1.29, 1.82) is 0 Å². The molecule has 2 aliphatic rings. The number of benzene rings is 2. The predicted octanol–water partition coefficient (Wildman–Crippen LogP) is 3.63. The quantitative estimate of drug-likeness (QED) is 0.814. The Morgan fingerprint density at radius 3 is 2.72 bits per heavy atom. The number of rotatable bonds is 2. The average molecular weight is 396 g/mol. The molecule has 2 aromatic rings. The number of aromatic hydroxyl groups is 1. The molecular formula is C23H25FN2O3. The van der Waals surface area contributed by atoms with Crippen LogP contribution in [0.4, 0.5) is 4.39 Å². The number of carbonyl (C=O) groups is 2. The standard InChI is InChI=1S/C23H25FN2O3/c1-14(27)26-11-10-21(18-9-7-17(24)12-16(18)13-26)25-23(29)20-8-6-15-4-2-3-5-19(15)22(20)28/h6-9,12,21,28H,2-5,10-11,13H2,1H3,(H,25,29). The minimum atomic E-state index is -0.369. The van der Waals surface area contributed by atoms with Gasteiger partial charge in [-0.15, -0.1) is 0 Å². The first-order chi connectivity index (χ1) is 13.9. The van der Waals surface area contributed by atoms with E-state index in [4.69, 9.17) is 0 Å². The van der Waals surface area contributed by atoms with Gasteiger partial charge in [0, 0.05) is 20.0 Å². The molecule has 1 aliphatic heterocycles. The third-order valence-corrected chi connectivity index (χ3v) is 6.03. The summed E-state index contributed by atoms with van der Waals surface area (Å²) in [6.45, 7) is 2.27. The van der Waals surface area contributed by atoms with Crippen LogP contribution in [-0.2, 0) is 24.2 Å². The summed E-state index contributed by atoms with van der Waals surface area (Å²) >= 11 is 0. The number of amides is 2. The van der Waals surface area contributed by atoms with E-state index in [9.17, 15) is 19.1 Å². The summed E-state index contributed by atoms with van der Waals surface area (Å²) in [5.41, 5.74) is 3.74. The molecule has 0 spiro atoms. The highest BCUT2D eigenvalue weighted by molar-refractivity contribution is 5.97. The van der Waals surface area contributed by atoms with Gasteiger partial charge in [-0.05, 0) is 72.6 Å². The molecule has 152 valence electrons. The molecule has 2 N–H and O–H groups in total. The van der Waals surface area contributed by atoms with Gasteiger partial charge in [0.2, 0.25) is 5.91 Å². The summed E-state index contributed by atoms with van der Waals surface area (Å²) in [4.78, 5) is 26.5. The van der Waals surface area contributed by atoms with E-state index in [1.54, 1.807) is 17.0 Å². The molecule has 1 aliphatic carbocycles. The van der Waals surface area contributed by atoms with Crippen molar-refractivity contribution in [3.8, 4) is 5.75 Å². The molecule has 0 saturated heterocycles. The lowest BCUT2D eigenvalue weighted by Gasteiger charge is -2.22. The highest BCUT2D eigenvalue weighted by Gasteiger charge is 2.27. The summed E-state index contributed by atoms with van der Waals surface area (Å²) < 4.78 is 13.8. The zero-order chi connectivity index (χ0) is 20.5. The van der Waals surface area contributed by atoms with E-state index in [2.05, 4.69) is 5.32 Å². The second-order valence-corrected chi connectivity index (χ2v) is 7.90. The third kappa shape index (κ3) is 3.84. The van der Waals surface area contributed by atoms with Gasteiger partial charge in [-0.25, -0.2) is 4.39 Å². The van der Waals surface area contributed by atoms with Gasteiger partial charge in [-0.1, -0.05) is 12.1 Å². The van der Waals surface area contributed by atoms with Gasteiger partial charge in [0.15, 0.2) is 0 Å². The summed E-state index contributed by atoms with van der Waals surface area (Å²) in [6, 6.07) is 7.71. The van der Waals surface area contributed by atoms with Gasteiger partial charge in [0.25, 0.3) is 5.91 Å². The molecule has 6 heteroatoms. The Bertz CT molecular complexity index is 973. The van der Waals surface area contributed by atoms with Crippen LogP contribution in [0, 0.1) is 5.82 Å². The van der Waals surface area contributed by atoms with E-state index >= 15 is 0 Å². The second kappa shape index (κ2) is 7.85. The largest absolute Gasteiger partial charge is 0.507 e. The van der Waals surface area contributed by atoms with Gasteiger partial charge in [0.1, 0.15) is 11.6 Å². The normalized spacial score (nSPS) is 18.4. The van der Waals surface area contributed by atoms with Crippen molar-refractivity contribution in [3.05, 3.63) is 64.0 Å². The lowest BCUT2D eigenvalue weighted by molar-refractivity contribution is -0.129. The van der Waals surface area contributed by atoms with Crippen molar-refractivity contribution >= 4 is 11.8 Å². The van der Waals surface area contributed by atoms with Crippen LogP contribution in [0.15, 0.2) is 30.3 Å². The first-order valence-corrected chi connectivity index (χ1v) is 10.1. The maximum absolute atomic E-state index is 13.8. The van der Waals surface area contributed by atoms with E-state index in [-0.39, 0.29) is 35.0 Å². The fourth-order valence-electron chi connectivity index (χ4n) is 4.42. The smallest absolute Gasteiger partial charge is 0.255 e. The molecule has 5 nitrogen and oxygen atoms in total. The Labute approximate surface area is 169 Å². The Morgan fingerprint density at radius 1 is 1.14 bits per heavy atom. The van der Waals surface area contributed by atoms with Gasteiger partial charge in [-0.2, -0.15) is 0 Å². The van der Waals surface area contributed by atoms with Crippen molar-refractivity contribution in [1.82, 2.24) is 10.2 Å². The summed E-state index contributed by atoms with van der Waals surface area (Å²) in [7, 11) is 0. The van der Waals surface area contributed by atoms with E-state index in [1.165, 1.54) is 19.1 Å². The first kappa shape index (κ1) is 19.4. The van der Waals surface area contributed by atoms with Crippen molar-refractivity contribution in [3.63, 3.8) is 0 Å². The van der Waals surface area contributed by atoms with Crippen molar-refractivity contribution < 1.29 is 19.1 Å². The van der Waals surface area contributed by atoms with E-state index in [0.717, 1.165) is 42.4 Å². The second-order valence-electron chi connectivity index (χ2n) is 7.90. The number of fused-ring (bicyclic) bond motifs is 2. The Kier molecular flexibility index (Phi) is 5.26. The highest BCUT2D eigenvalue weighted by atomic mass is 19.1. The fourth-order valence-corrected chi connectivity index (χ4v) is 4.42. The molecule has 0 bridgehead atoms. The number of carbonyl (C=O) groups excluding carboxylic acids is 2. The molecule has 1 unspecified atom stereocenters. The van der Waals surface area contributed by atoms with E-state index in [0.29, 0.717) is 25.1 Å². The minimum Gasteiger partial charge on any atom is -0.507 e. The SMILES string of the molecule is CC(=O)N1CCC(NC(=O)c2ccc3c(c2O)CCCC3)c2ccc(F)cc2C1. The number of hydrogen-bond donors (Lipinski definition) is 2. The van der Waals surface area contributed by atoms with Crippen LogP contribution in [0.5, 0.6) is 5.75 Å². The zero-order valence-corrected chi connectivity index (χ0v) is 16.5.